The normalized spacial score (nSPS) is 16.8. The second-order valence-electron chi connectivity index (χ2n) is 8.43. The first-order valence-corrected chi connectivity index (χ1v) is 11.5. The lowest BCUT2D eigenvalue weighted by molar-refractivity contribution is -0.132. The topological polar surface area (TPSA) is 112 Å². The van der Waals surface area contributed by atoms with Gasteiger partial charge in [-0.2, -0.15) is 5.10 Å². The summed E-state index contributed by atoms with van der Waals surface area (Å²) in [6.07, 6.45) is 4.44. The molecule has 5 heterocycles. The molecule has 37 heavy (non-hydrogen) atoms. The Labute approximate surface area is 208 Å². The number of rotatable bonds is 7. The van der Waals surface area contributed by atoms with Crippen LogP contribution in [0.2, 0.25) is 0 Å². The molecule has 10 nitrogen and oxygen atoms in total. The lowest BCUT2D eigenvalue weighted by Gasteiger charge is -2.35. The third-order valence-corrected chi connectivity index (χ3v) is 6.27. The number of hydrogen-bond acceptors (Lipinski definition) is 9. The smallest absolute Gasteiger partial charge is 0.295 e. The summed E-state index contributed by atoms with van der Waals surface area (Å²) in [5.74, 6) is -0.932. The molecule has 0 spiro atoms. The van der Waals surface area contributed by atoms with Crippen LogP contribution in [0.25, 0.3) is 22.9 Å². The minimum atomic E-state index is -0.828. The van der Waals surface area contributed by atoms with Crippen molar-refractivity contribution >= 4 is 18.5 Å². The van der Waals surface area contributed by atoms with Crippen LogP contribution >= 0.6 is 0 Å². The molecule has 0 bridgehead atoms. The van der Waals surface area contributed by atoms with E-state index in [9.17, 15) is 9.18 Å². The zero-order valence-corrected chi connectivity index (χ0v) is 19.3. The van der Waals surface area contributed by atoms with Crippen molar-refractivity contribution in [3.8, 4) is 22.9 Å². The number of nitrogens with zero attached hydrogens (tertiary/aromatic N) is 7. The summed E-state index contributed by atoms with van der Waals surface area (Å²) >= 11 is 0. The number of carbonyl (C=O) groups excluding carboxylic acids is 1. The highest BCUT2D eigenvalue weighted by molar-refractivity contribution is 5.70. The Morgan fingerprint density at radius 1 is 1.16 bits per heavy atom. The zero-order valence-electron chi connectivity index (χ0n) is 19.3. The highest BCUT2D eigenvalue weighted by atomic mass is 19.1. The fourth-order valence-electron chi connectivity index (χ4n) is 4.55. The maximum atomic E-state index is 15.0. The van der Waals surface area contributed by atoms with Gasteiger partial charge in [0.1, 0.15) is 23.5 Å². The maximum Gasteiger partial charge on any atom is 0.295 e. The molecule has 0 saturated carbocycles. The van der Waals surface area contributed by atoms with Crippen molar-refractivity contribution in [1.29, 1.82) is 0 Å². The number of aromatic nitrogens is 5. The minimum absolute atomic E-state index is 0.0260. The second kappa shape index (κ2) is 9.37. The molecule has 2 aliphatic rings. The predicted octanol–water partition coefficient (Wildman–Crippen LogP) is 3.76. The van der Waals surface area contributed by atoms with E-state index >= 15 is 4.39 Å². The molecule has 0 amide bonds. The molecular weight excluding hydrogens is 484 g/mol. The van der Waals surface area contributed by atoms with E-state index in [0.717, 1.165) is 17.5 Å². The van der Waals surface area contributed by atoms with Crippen LogP contribution in [0.3, 0.4) is 0 Å². The molecule has 4 aromatic rings. The lowest BCUT2D eigenvalue weighted by Crippen LogP contribution is -2.43. The third-order valence-electron chi connectivity index (χ3n) is 6.27. The molecule has 2 aliphatic heterocycles. The molecule has 0 radical (unpaired) electrons. The Balaban J connectivity index is 1.40. The summed E-state index contributed by atoms with van der Waals surface area (Å²) in [7, 11) is 0. The number of benzene rings is 1. The third kappa shape index (κ3) is 4.15. The van der Waals surface area contributed by atoms with E-state index < -0.39 is 12.0 Å². The molecule has 0 fully saturated rings. The summed E-state index contributed by atoms with van der Waals surface area (Å²) in [5, 5.41) is 8.56. The van der Waals surface area contributed by atoms with Gasteiger partial charge in [0.25, 0.3) is 6.47 Å². The molecule has 6 rings (SSSR count). The van der Waals surface area contributed by atoms with Crippen molar-refractivity contribution < 1.29 is 22.8 Å². The summed E-state index contributed by atoms with van der Waals surface area (Å²) in [6.45, 7) is 0.787. The first-order valence-electron chi connectivity index (χ1n) is 11.5. The Morgan fingerprint density at radius 2 is 2.05 bits per heavy atom. The first kappa shape index (κ1) is 22.7. The highest BCUT2D eigenvalue weighted by Crippen LogP contribution is 2.35. The largest absolute Gasteiger partial charge is 0.440 e. The van der Waals surface area contributed by atoms with Gasteiger partial charge in [-0.15, -0.1) is 0 Å². The van der Waals surface area contributed by atoms with Gasteiger partial charge in [0.2, 0.25) is 6.23 Å². The van der Waals surface area contributed by atoms with E-state index in [1.54, 1.807) is 46.1 Å². The van der Waals surface area contributed by atoms with Gasteiger partial charge in [-0.3, -0.25) is 14.5 Å². The van der Waals surface area contributed by atoms with Gasteiger partial charge in [-0.1, -0.05) is 23.4 Å². The van der Waals surface area contributed by atoms with Crippen LogP contribution in [0.5, 0.6) is 0 Å². The van der Waals surface area contributed by atoms with Crippen molar-refractivity contribution in [3.05, 3.63) is 77.3 Å². The average Bonchev–Trinajstić information content (AvgIpc) is 3.67. The van der Waals surface area contributed by atoms with Crippen molar-refractivity contribution in [2.45, 2.75) is 25.6 Å². The van der Waals surface area contributed by atoms with Crippen LogP contribution in [0, 0.1) is 11.6 Å². The lowest BCUT2D eigenvalue weighted by atomic mass is 10.0. The molecule has 1 unspecified atom stereocenters. The average molecular weight is 503 g/mol. The maximum absolute atomic E-state index is 15.0. The van der Waals surface area contributed by atoms with Gasteiger partial charge in [0.15, 0.2) is 17.5 Å². The minimum Gasteiger partial charge on any atom is -0.440 e. The summed E-state index contributed by atoms with van der Waals surface area (Å²) in [6, 6.07) is 9.71. The molecule has 1 aromatic carbocycles. The van der Waals surface area contributed by atoms with E-state index in [0.29, 0.717) is 48.5 Å². The Kier molecular flexibility index (Phi) is 5.75. The van der Waals surface area contributed by atoms with Crippen molar-refractivity contribution in [2.75, 3.05) is 11.4 Å². The fraction of sp³-hybridized carbons (Fsp3) is 0.200. The van der Waals surface area contributed by atoms with E-state index in [1.165, 1.54) is 12.3 Å². The molecular formula is C25H19F2N7O3. The quantitative estimate of drug-likeness (QED) is 0.351. The monoisotopic (exact) mass is 503 g/mol. The number of hydrogen-bond donors (Lipinski definition) is 0. The van der Waals surface area contributed by atoms with Gasteiger partial charge in [-0.25, -0.2) is 18.7 Å². The number of halogens is 2. The zero-order chi connectivity index (χ0) is 25.4. The second-order valence-corrected chi connectivity index (χ2v) is 8.43. The molecule has 3 aromatic heterocycles. The molecule has 0 saturated heterocycles. The number of anilines is 1. The van der Waals surface area contributed by atoms with Crippen LogP contribution in [-0.4, -0.2) is 50.4 Å². The van der Waals surface area contributed by atoms with Crippen LogP contribution in [0.4, 0.5) is 14.6 Å². The number of carbonyl (C=O) groups is 1. The van der Waals surface area contributed by atoms with E-state index in [-0.39, 0.29) is 24.0 Å². The summed E-state index contributed by atoms with van der Waals surface area (Å²) in [5.41, 5.74) is 3.40. The molecule has 12 heteroatoms. The Hall–Kier alpha value is -4.74. The van der Waals surface area contributed by atoms with E-state index in [4.69, 9.17) is 9.26 Å². The van der Waals surface area contributed by atoms with Crippen molar-refractivity contribution in [1.82, 2.24) is 24.9 Å². The number of ether oxygens (including phenoxy) is 1. The van der Waals surface area contributed by atoms with Gasteiger partial charge < -0.3 is 14.2 Å². The Bertz CT molecular complexity index is 1530. The summed E-state index contributed by atoms with van der Waals surface area (Å²) < 4.78 is 41.3. The Morgan fingerprint density at radius 3 is 2.86 bits per heavy atom. The first-order chi connectivity index (χ1) is 18.1. The van der Waals surface area contributed by atoms with Crippen molar-refractivity contribution in [2.24, 2.45) is 4.99 Å². The van der Waals surface area contributed by atoms with Crippen LogP contribution < -0.4 is 4.90 Å². The van der Waals surface area contributed by atoms with Crippen LogP contribution in [-0.2, 0) is 16.1 Å². The van der Waals surface area contributed by atoms with E-state index in [2.05, 4.69) is 25.2 Å². The van der Waals surface area contributed by atoms with Crippen LogP contribution in [0.15, 0.2) is 69.6 Å². The summed E-state index contributed by atoms with van der Waals surface area (Å²) in [4.78, 5) is 25.8. The van der Waals surface area contributed by atoms with E-state index in [1.807, 2.05) is 0 Å². The molecule has 1 atom stereocenters. The van der Waals surface area contributed by atoms with Crippen molar-refractivity contribution in [3.63, 3.8) is 0 Å². The SMILES string of the molecule is O=COC1C2=C(CCN1c1nc(-c3cc(-c4ccon4)n(Cc4ccccc4F)n3)ncc1F)N=CC2. The molecule has 0 N–H and O–H groups in total. The standard InChI is InChI=1S/C25H19F2N7O3/c26-17-4-2-1-3-15(17)13-34-22(20-7-10-37-32-20)11-21(31-34)23-29-12-18(27)24(30-23)33-9-6-19-16(5-8-28-19)25(33)36-14-35/h1-4,7-8,10-12,14,25H,5-6,9,13H2. The number of aliphatic imine (C=N–C) groups is 1. The highest BCUT2D eigenvalue weighted by Gasteiger charge is 2.35. The van der Waals surface area contributed by atoms with Gasteiger partial charge >= 0.3 is 0 Å². The predicted molar refractivity (Wildman–Crippen MR) is 127 cm³/mol. The van der Waals surface area contributed by atoms with Gasteiger partial charge in [-0.05, 0) is 12.1 Å². The van der Waals surface area contributed by atoms with Gasteiger partial charge in [0.05, 0.1) is 18.4 Å². The van der Waals surface area contributed by atoms with Gasteiger partial charge in [0, 0.05) is 48.5 Å². The van der Waals surface area contributed by atoms with Crippen LogP contribution in [0.1, 0.15) is 18.4 Å². The molecule has 186 valence electrons. The molecule has 0 aliphatic carbocycles. The fourth-order valence-corrected chi connectivity index (χ4v) is 4.55.